The van der Waals surface area contributed by atoms with E-state index in [0.717, 1.165) is 25.9 Å². The Morgan fingerprint density at radius 2 is 2.25 bits per heavy atom. The summed E-state index contributed by atoms with van der Waals surface area (Å²) in [4.78, 5) is 6.31. The summed E-state index contributed by atoms with van der Waals surface area (Å²) in [5.74, 6) is 0. The lowest BCUT2D eigenvalue weighted by molar-refractivity contribution is 0.268. The minimum atomic E-state index is -3.50. The summed E-state index contributed by atoms with van der Waals surface area (Å²) in [5.41, 5.74) is 0. The van der Waals surface area contributed by atoms with E-state index in [0.29, 0.717) is 12.6 Å². The van der Waals surface area contributed by atoms with Gasteiger partial charge in [0.1, 0.15) is 0 Å². The molecule has 2 rings (SSSR count). The first-order valence-corrected chi connectivity index (χ1v) is 8.69. The van der Waals surface area contributed by atoms with Crippen molar-refractivity contribution in [3.63, 3.8) is 0 Å². The minimum Gasteiger partial charge on any atom is -0.334 e. The van der Waals surface area contributed by atoms with E-state index in [-0.39, 0.29) is 11.1 Å². The van der Waals surface area contributed by atoms with E-state index >= 15 is 0 Å². The maximum Gasteiger partial charge on any atom is 0.259 e. The Kier molecular flexibility index (Phi) is 4.82. The molecule has 1 aliphatic rings. The van der Waals surface area contributed by atoms with E-state index in [4.69, 9.17) is 0 Å². The van der Waals surface area contributed by atoms with E-state index in [9.17, 15) is 8.42 Å². The highest BCUT2D eigenvalue weighted by atomic mass is 32.2. The fourth-order valence-corrected chi connectivity index (χ4v) is 3.57. The van der Waals surface area contributed by atoms with Crippen LogP contribution in [-0.4, -0.2) is 48.5 Å². The van der Waals surface area contributed by atoms with E-state index < -0.39 is 10.0 Å². The normalized spacial score (nSPS) is 20.9. The van der Waals surface area contributed by atoms with Crippen LogP contribution < -0.4 is 4.72 Å². The highest BCUT2D eigenvalue weighted by molar-refractivity contribution is 7.89. The van der Waals surface area contributed by atoms with Crippen LogP contribution in [0.4, 0.5) is 0 Å². The molecule has 0 saturated carbocycles. The van der Waals surface area contributed by atoms with Crippen molar-refractivity contribution < 1.29 is 8.42 Å². The van der Waals surface area contributed by atoms with Gasteiger partial charge in [0.15, 0.2) is 5.03 Å². The molecule has 1 atom stereocenters. The summed E-state index contributed by atoms with van der Waals surface area (Å²) in [6.45, 7) is 8.58. The second-order valence-electron chi connectivity index (χ2n) is 5.53. The van der Waals surface area contributed by atoms with Crippen molar-refractivity contribution >= 4 is 10.0 Å². The zero-order chi connectivity index (χ0) is 14.8. The molecule has 1 aromatic heterocycles. The fraction of sp³-hybridized carbons (Fsp3) is 0.769. The molecule has 1 fully saturated rings. The van der Waals surface area contributed by atoms with Crippen molar-refractivity contribution in [1.82, 2.24) is 19.2 Å². The van der Waals surface area contributed by atoms with Crippen LogP contribution in [0.15, 0.2) is 17.6 Å². The van der Waals surface area contributed by atoms with Gasteiger partial charge in [0.05, 0.1) is 6.33 Å². The minimum absolute atomic E-state index is 0.104. The van der Waals surface area contributed by atoms with E-state index in [1.807, 2.05) is 13.8 Å². The number of imidazole rings is 1. The van der Waals surface area contributed by atoms with Crippen LogP contribution in [0, 0.1) is 0 Å². The summed E-state index contributed by atoms with van der Waals surface area (Å²) < 4.78 is 28.9. The summed E-state index contributed by atoms with van der Waals surface area (Å²) in [6.07, 6.45) is 5.34. The van der Waals surface area contributed by atoms with Crippen LogP contribution in [0.2, 0.25) is 0 Å². The average molecular weight is 300 g/mol. The van der Waals surface area contributed by atoms with Gasteiger partial charge in [0, 0.05) is 24.8 Å². The lowest BCUT2D eigenvalue weighted by atomic mass is 10.2. The number of likely N-dealkylation sites (N-methyl/N-ethyl adjacent to an activating group) is 1. The predicted octanol–water partition coefficient (Wildman–Crippen LogP) is 1.23. The van der Waals surface area contributed by atoms with Crippen molar-refractivity contribution in [3.8, 4) is 0 Å². The zero-order valence-corrected chi connectivity index (χ0v) is 13.2. The Morgan fingerprint density at radius 1 is 1.50 bits per heavy atom. The lowest BCUT2D eigenvalue weighted by Crippen LogP contribution is -2.40. The molecule has 7 heteroatoms. The van der Waals surface area contributed by atoms with Crippen LogP contribution in [0.3, 0.4) is 0 Å². The smallest absolute Gasteiger partial charge is 0.259 e. The third-order valence-electron chi connectivity index (χ3n) is 3.86. The standard InChI is InChI=1S/C13H24N4O2S/c1-4-16-7-5-6-12(16)8-15-20(18,19)13-9-17(10-14-13)11(2)3/h9-12,15H,4-8H2,1-3H3. The van der Waals surface area contributed by atoms with Crippen molar-refractivity contribution in [2.24, 2.45) is 0 Å². The molecule has 1 aliphatic heterocycles. The molecule has 114 valence electrons. The van der Waals surface area contributed by atoms with Gasteiger partial charge in [-0.25, -0.2) is 18.1 Å². The van der Waals surface area contributed by atoms with Gasteiger partial charge in [0.2, 0.25) is 0 Å². The first-order chi connectivity index (χ1) is 9.44. The van der Waals surface area contributed by atoms with E-state index in [1.165, 1.54) is 0 Å². The Balaban J connectivity index is 2.00. The number of rotatable bonds is 6. The second-order valence-corrected chi connectivity index (χ2v) is 7.24. The molecule has 0 aliphatic carbocycles. The number of sulfonamides is 1. The van der Waals surface area contributed by atoms with Crippen LogP contribution >= 0.6 is 0 Å². The Hall–Kier alpha value is -0.920. The van der Waals surface area contributed by atoms with E-state index in [1.54, 1.807) is 17.1 Å². The highest BCUT2D eigenvalue weighted by Gasteiger charge is 2.26. The maximum absolute atomic E-state index is 12.2. The Labute approximate surface area is 121 Å². The molecule has 1 N–H and O–H groups in total. The predicted molar refractivity (Wildman–Crippen MR) is 78.1 cm³/mol. The molecule has 0 bridgehead atoms. The summed E-state index contributed by atoms with van der Waals surface area (Å²) in [6, 6.07) is 0.513. The van der Waals surface area contributed by atoms with Gasteiger partial charge >= 0.3 is 0 Å². The maximum atomic E-state index is 12.2. The molecule has 2 heterocycles. The lowest BCUT2D eigenvalue weighted by Gasteiger charge is -2.22. The number of nitrogens with one attached hydrogen (secondary N) is 1. The fourth-order valence-electron chi connectivity index (χ4n) is 2.56. The first kappa shape index (κ1) is 15.5. The second kappa shape index (κ2) is 6.24. The van der Waals surface area contributed by atoms with E-state index in [2.05, 4.69) is 21.5 Å². The molecule has 1 saturated heterocycles. The van der Waals surface area contributed by atoms with Crippen molar-refractivity contribution in [2.75, 3.05) is 19.6 Å². The summed E-state index contributed by atoms with van der Waals surface area (Å²) in [7, 11) is -3.50. The number of likely N-dealkylation sites (tertiary alicyclic amines) is 1. The number of hydrogen-bond donors (Lipinski definition) is 1. The van der Waals surface area contributed by atoms with Crippen LogP contribution in [-0.2, 0) is 10.0 Å². The molecular formula is C13H24N4O2S. The largest absolute Gasteiger partial charge is 0.334 e. The molecule has 0 radical (unpaired) electrons. The van der Waals surface area contributed by atoms with Crippen molar-refractivity contribution in [2.45, 2.75) is 50.7 Å². The third-order valence-corrected chi connectivity index (χ3v) is 5.17. The third kappa shape index (κ3) is 3.39. The van der Waals surface area contributed by atoms with Crippen molar-refractivity contribution in [1.29, 1.82) is 0 Å². The molecule has 6 nitrogen and oxygen atoms in total. The topological polar surface area (TPSA) is 67.2 Å². The Bertz CT molecular complexity index is 538. The quantitative estimate of drug-likeness (QED) is 0.858. The van der Waals surface area contributed by atoms with Crippen LogP contribution in [0.1, 0.15) is 39.7 Å². The van der Waals surface area contributed by atoms with Crippen LogP contribution in [0.25, 0.3) is 0 Å². The summed E-state index contributed by atoms with van der Waals surface area (Å²) >= 11 is 0. The van der Waals surface area contributed by atoms with Gasteiger partial charge in [-0.15, -0.1) is 0 Å². The average Bonchev–Trinajstić information content (AvgIpc) is 3.05. The molecular weight excluding hydrogens is 276 g/mol. The molecule has 1 unspecified atom stereocenters. The van der Waals surface area contributed by atoms with Crippen molar-refractivity contribution in [3.05, 3.63) is 12.5 Å². The SMILES string of the molecule is CCN1CCCC1CNS(=O)(=O)c1cn(C(C)C)cn1. The first-order valence-electron chi connectivity index (χ1n) is 7.21. The molecule has 0 spiro atoms. The van der Waals surface area contributed by atoms with Gasteiger partial charge in [-0.2, -0.15) is 0 Å². The summed E-state index contributed by atoms with van der Waals surface area (Å²) in [5, 5.41) is 0.104. The van der Waals surface area contributed by atoms with Gasteiger partial charge in [-0.05, 0) is 39.8 Å². The molecule has 1 aromatic rings. The van der Waals surface area contributed by atoms with Gasteiger partial charge < -0.3 is 4.57 Å². The number of aromatic nitrogens is 2. The molecule has 20 heavy (non-hydrogen) atoms. The van der Waals surface area contributed by atoms with Gasteiger partial charge in [-0.3, -0.25) is 4.90 Å². The van der Waals surface area contributed by atoms with Gasteiger partial charge in [-0.1, -0.05) is 6.92 Å². The monoisotopic (exact) mass is 300 g/mol. The molecule has 0 aromatic carbocycles. The van der Waals surface area contributed by atoms with Gasteiger partial charge in [0.25, 0.3) is 10.0 Å². The molecule has 0 amide bonds. The number of hydrogen-bond acceptors (Lipinski definition) is 4. The highest BCUT2D eigenvalue weighted by Crippen LogP contribution is 2.16. The van der Waals surface area contributed by atoms with Crippen LogP contribution in [0.5, 0.6) is 0 Å². The Morgan fingerprint density at radius 3 is 2.85 bits per heavy atom. The zero-order valence-electron chi connectivity index (χ0n) is 12.4. The number of nitrogens with zero attached hydrogens (tertiary/aromatic N) is 3.